The number of nitrogens with zero attached hydrogens (tertiary/aromatic N) is 1. The van der Waals surface area contributed by atoms with E-state index >= 15 is 0 Å². The number of methoxy groups -OCH3 is 1. The molecule has 0 amide bonds. The molecule has 4 nitrogen and oxygen atoms in total. The van der Waals surface area contributed by atoms with Crippen LogP contribution in [0.15, 0.2) is 24.3 Å². The molecular weight excluding hydrogens is 216 g/mol. The van der Waals surface area contributed by atoms with Gasteiger partial charge in [-0.25, -0.2) is 4.79 Å². The van der Waals surface area contributed by atoms with Crippen molar-refractivity contribution < 1.29 is 9.53 Å². The number of ether oxygens (including phenoxy) is 1. The molecule has 1 aliphatic rings. The molecule has 0 saturated carbocycles. The van der Waals surface area contributed by atoms with Gasteiger partial charge in [0, 0.05) is 25.7 Å². The van der Waals surface area contributed by atoms with Gasteiger partial charge < -0.3 is 10.5 Å². The lowest BCUT2D eigenvalue weighted by Crippen LogP contribution is -2.26. The van der Waals surface area contributed by atoms with Gasteiger partial charge >= 0.3 is 5.97 Å². The zero-order valence-corrected chi connectivity index (χ0v) is 10.1. The smallest absolute Gasteiger partial charge is 0.337 e. The molecule has 1 aromatic rings. The molecule has 4 heteroatoms. The summed E-state index contributed by atoms with van der Waals surface area (Å²) < 4.78 is 4.66. The Bertz CT molecular complexity index is 389. The first kappa shape index (κ1) is 12.1. The minimum atomic E-state index is -0.292. The van der Waals surface area contributed by atoms with Gasteiger partial charge in [-0.1, -0.05) is 12.1 Å². The van der Waals surface area contributed by atoms with Crippen molar-refractivity contribution in [3.8, 4) is 0 Å². The van der Waals surface area contributed by atoms with Crippen LogP contribution in [0.3, 0.4) is 0 Å². The maximum atomic E-state index is 11.3. The molecule has 1 aromatic carbocycles. The lowest BCUT2D eigenvalue weighted by atomic mass is 10.1. The number of likely N-dealkylation sites (tertiary alicyclic amines) is 1. The second kappa shape index (κ2) is 5.29. The predicted molar refractivity (Wildman–Crippen MR) is 65.7 cm³/mol. The number of hydrogen-bond acceptors (Lipinski definition) is 4. The number of nitrogens with two attached hydrogens (primary N) is 1. The molecule has 0 aromatic heterocycles. The average molecular weight is 234 g/mol. The van der Waals surface area contributed by atoms with Gasteiger partial charge in [0.2, 0.25) is 0 Å². The summed E-state index contributed by atoms with van der Waals surface area (Å²) in [6.07, 6.45) is 1.07. The van der Waals surface area contributed by atoms with Gasteiger partial charge in [0.1, 0.15) is 0 Å². The summed E-state index contributed by atoms with van der Waals surface area (Å²) in [5.41, 5.74) is 7.65. The standard InChI is InChI=1S/C13H18N2O2/c1-17-13(16)11-4-2-10(3-5-11)8-15-7-6-12(14)9-15/h2-5,12H,6-9,14H2,1H3/t12-/m1/s1. The lowest BCUT2D eigenvalue weighted by Gasteiger charge is -2.15. The Labute approximate surface area is 101 Å². The molecule has 92 valence electrons. The van der Waals surface area contributed by atoms with Crippen LogP contribution in [0.25, 0.3) is 0 Å². The average Bonchev–Trinajstić information content (AvgIpc) is 2.75. The van der Waals surface area contributed by atoms with Crippen LogP contribution in [0, 0.1) is 0 Å². The van der Waals surface area contributed by atoms with Crippen LogP contribution in [-0.4, -0.2) is 37.1 Å². The van der Waals surface area contributed by atoms with Crippen LogP contribution >= 0.6 is 0 Å². The van der Waals surface area contributed by atoms with Crippen LogP contribution < -0.4 is 5.73 Å². The van der Waals surface area contributed by atoms with Crippen molar-refractivity contribution in [1.29, 1.82) is 0 Å². The Balaban J connectivity index is 1.96. The van der Waals surface area contributed by atoms with Crippen LogP contribution in [0.4, 0.5) is 0 Å². The van der Waals surface area contributed by atoms with Gasteiger partial charge in [0.25, 0.3) is 0 Å². The highest BCUT2D eigenvalue weighted by Gasteiger charge is 2.18. The fraction of sp³-hybridized carbons (Fsp3) is 0.462. The van der Waals surface area contributed by atoms with Crippen molar-refractivity contribution in [3.63, 3.8) is 0 Å². The Hall–Kier alpha value is -1.39. The van der Waals surface area contributed by atoms with Crippen molar-refractivity contribution in [2.24, 2.45) is 5.73 Å². The molecule has 1 heterocycles. The molecule has 2 rings (SSSR count). The van der Waals surface area contributed by atoms with Gasteiger partial charge in [0.15, 0.2) is 0 Å². The van der Waals surface area contributed by atoms with E-state index in [0.29, 0.717) is 11.6 Å². The van der Waals surface area contributed by atoms with E-state index in [-0.39, 0.29) is 5.97 Å². The Morgan fingerprint density at radius 1 is 1.47 bits per heavy atom. The number of carbonyl (C=O) groups is 1. The van der Waals surface area contributed by atoms with Gasteiger partial charge in [-0.2, -0.15) is 0 Å². The van der Waals surface area contributed by atoms with E-state index in [1.807, 2.05) is 12.1 Å². The maximum absolute atomic E-state index is 11.3. The maximum Gasteiger partial charge on any atom is 0.337 e. The van der Waals surface area contributed by atoms with Gasteiger partial charge in [-0.05, 0) is 24.1 Å². The fourth-order valence-corrected chi connectivity index (χ4v) is 2.13. The molecule has 0 bridgehead atoms. The van der Waals surface area contributed by atoms with Gasteiger partial charge in [-0.3, -0.25) is 4.90 Å². The minimum Gasteiger partial charge on any atom is -0.465 e. The van der Waals surface area contributed by atoms with Crippen molar-refractivity contribution in [2.45, 2.75) is 19.0 Å². The molecule has 17 heavy (non-hydrogen) atoms. The predicted octanol–water partition coefficient (Wildman–Crippen LogP) is 1.01. The monoisotopic (exact) mass is 234 g/mol. The van der Waals surface area contributed by atoms with E-state index in [2.05, 4.69) is 9.64 Å². The first-order valence-electron chi connectivity index (χ1n) is 5.84. The van der Waals surface area contributed by atoms with Crippen LogP contribution in [0.2, 0.25) is 0 Å². The van der Waals surface area contributed by atoms with E-state index in [0.717, 1.165) is 26.1 Å². The van der Waals surface area contributed by atoms with Crippen molar-refractivity contribution in [1.82, 2.24) is 4.90 Å². The van der Waals surface area contributed by atoms with E-state index in [1.165, 1.54) is 12.7 Å². The van der Waals surface area contributed by atoms with Crippen molar-refractivity contribution in [2.75, 3.05) is 20.2 Å². The normalized spacial score (nSPS) is 20.5. The summed E-state index contributed by atoms with van der Waals surface area (Å²) in [5, 5.41) is 0. The molecule has 0 spiro atoms. The largest absolute Gasteiger partial charge is 0.465 e. The molecule has 1 aliphatic heterocycles. The topological polar surface area (TPSA) is 55.6 Å². The van der Waals surface area contributed by atoms with E-state index in [4.69, 9.17) is 5.73 Å². The Morgan fingerprint density at radius 2 is 2.18 bits per heavy atom. The molecular formula is C13H18N2O2. The summed E-state index contributed by atoms with van der Waals surface area (Å²) in [5.74, 6) is -0.292. The number of esters is 1. The highest BCUT2D eigenvalue weighted by atomic mass is 16.5. The van der Waals surface area contributed by atoms with Gasteiger partial charge in [-0.15, -0.1) is 0 Å². The molecule has 1 atom stereocenters. The third kappa shape index (κ3) is 3.05. The quantitative estimate of drug-likeness (QED) is 0.793. The lowest BCUT2D eigenvalue weighted by molar-refractivity contribution is 0.0600. The second-order valence-corrected chi connectivity index (χ2v) is 4.47. The molecule has 0 radical (unpaired) electrons. The van der Waals surface area contributed by atoms with Crippen LogP contribution in [-0.2, 0) is 11.3 Å². The summed E-state index contributed by atoms with van der Waals surface area (Å²) >= 11 is 0. The van der Waals surface area contributed by atoms with E-state index < -0.39 is 0 Å². The molecule has 2 N–H and O–H groups in total. The molecule has 0 unspecified atom stereocenters. The molecule has 0 aliphatic carbocycles. The first-order valence-corrected chi connectivity index (χ1v) is 5.84. The summed E-state index contributed by atoms with van der Waals surface area (Å²) in [6.45, 7) is 2.91. The van der Waals surface area contributed by atoms with Crippen LogP contribution in [0.1, 0.15) is 22.3 Å². The first-order chi connectivity index (χ1) is 8.19. The molecule has 1 saturated heterocycles. The van der Waals surface area contributed by atoms with E-state index in [1.54, 1.807) is 12.1 Å². The zero-order valence-electron chi connectivity index (χ0n) is 10.1. The summed E-state index contributed by atoms with van der Waals surface area (Å²) in [4.78, 5) is 13.6. The second-order valence-electron chi connectivity index (χ2n) is 4.47. The van der Waals surface area contributed by atoms with Crippen LogP contribution in [0.5, 0.6) is 0 Å². The number of benzene rings is 1. The fourth-order valence-electron chi connectivity index (χ4n) is 2.13. The highest BCUT2D eigenvalue weighted by Crippen LogP contribution is 2.13. The third-order valence-electron chi connectivity index (χ3n) is 3.09. The Kier molecular flexibility index (Phi) is 3.76. The zero-order chi connectivity index (χ0) is 12.3. The highest BCUT2D eigenvalue weighted by molar-refractivity contribution is 5.89. The number of hydrogen-bond donors (Lipinski definition) is 1. The summed E-state index contributed by atoms with van der Waals surface area (Å²) in [6, 6.07) is 7.85. The number of rotatable bonds is 3. The number of carbonyl (C=O) groups excluding carboxylic acids is 1. The SMILES string of the molecule is COC(=O)c1ccc(CN2CC[C@@H](N)C2)cc1. The summed E-state index contributed by atoms with van der Waals surface area (Å²) in [7, 11) is 1.39. The van der Waals surface area contributed by atoms with Crippen molar-refractivity contribution >= 4 is 5.97 Å². The molecule has 1 fully saturated rings. The van der Waals surface area contributed by atoms with Crippen molar-refractivity contribution in [3.05, 3.63) is 35.4 Å². The minimum absolute atomic E-state index is 0.292. The van der Waals surface area contributed by atoms with E-state index in [9.17, 15) is 4.79 Å². The van der Waals surface area contributed by atoms with Gasteiger partial charge in [0.05, 0.1) is 12.7 Å². The Morgan fingerprint density at radius 3 is 2.71 bits per heavy atom. The third-order valence-corrected chi connectivity index (χ3v) is 3.09.